The number of rotatable bonds is 4. The summed E-state index contributed by atoms with van der Waals surface area (Å²) in [5.41, 5.74) is 5.78. The zero-order valence-electron chi connectivity index (χ0n) is 10.9. The van der Waals surface area contributed by atoms with Crippen LogP contribution in [-0.4, -0.2) is 38.6 Å². The first-order valence-electron chi connectivity index (χ1n) is 6.43. The van der Waals surface area contributed by atoms with Gasteiger partial charge in [0.25, 0.3) is 0 Å². The maximum Gasteiger partial charge on any atom is 0.195 e. The second-order valence-corrected chi connectivity index (χ2v) is 4.94. The van der Waals surface area contributed by atoms with Crippen LogP contribution in [0.5, 0.6) is 0 Å². The zero-order chi connectivity index (χ0) is 12.3. The van der Waals surface area contributed by atoms with Gasteiger partial charge in [-0.3, -0.25) is 4.90 Å². The van der Waals surface area contributed by atoms with Crippen LogP contribution in [-0.2, 0) is 0 Å². The molecule has 1 aliphatic rings. The number of hydrogen-bond donors (Lipinski definition) is 1. The summed E-state index contributed by atoms with van der Waals surface area (Å²) in [6.07, 6.45) is 3.88. The molecule has 1 fully saturated rings. The van der Waals surface area contributed by atoms with Crippen LogP contribution in [0.4, 0.5) is 5.88 Å². The van der Waals surface area contributed by atoms with Gasteiger partial charge >= 0.3 is 0 Å². The molecule has 0 unspecified atom stereocenters. The minimum Gasteiger partial charge on any atom is -0.444 e. The molecule has 17 heavy (non-hydrogen) atoms. The molecule has 1 aromatic heterocycles. The fourth-order valence-corrected chi connectivity index (χ4v) is 2.39. The molecule has 0 bridgehead atoms. The lowest BCUT2D eigenvalue weighted by Gasteiger charge is -2.26. The summed E-state index contributed by atoms with van der Waals surface area (Å²) in [7, 11) is 4.06. The molecule has 0 aliphatic carbocycles. The van der Waals surface area contributed by atoms with E-state index in [9.17, 15) is 0 Å². The SMILES string of the molecule is CN(C)[C@@H](CN)c1ccc(N2CCCCC2)o1. The Balaban J connectivity index is 2.08. The van der Waals surface area contributed by atoms with Crippen molar-refractivity contribution in [2.75, 3.05) is 38.6 Å². The molecule has 1 aliphatic heterocycles. The van der Waals surface area contributed by atoms with E-state index in [0.717, 1.165) is 24.7 Å². The maximum absolute atomic E-state index is 5.94. The third kappa shape index (κ3) is 2.82. The van der Waals surface area contributed by atoms with Crippen molar-refractivity contribution in [1.29, 1.82) is 0 Å². The van der Waals surface area contributed by atoms with Crippen LogP contribution in [0.1, 0.15) is 31.1 Å². The van der Waals surface area contributed by atoms with Crippen molar-refractivity contribution in [2.24, 2.45) is 5.73 Å². The fourth-order valence-electron chi connectivity index (χ4n) is 2.39. The number of piperidine rings is 1. The molecule has 4 nitrogen and oxygen atoms in total. The van der Waals surface area contributed by atoms with Gasteiger partial charge in [-0.1, -0.05) is 0 Å². The lowest BCUT2D eigenvalue weighted by Crippen LogP contribution is -2.29. The van der Waals surface area contributed by atoms with E-state index in [1.54, 1.807) is 0 Å². The van der Waals surface area contributed by atoms with E-state index in [-0.39, 0.29) is 6.04 Å². The second-order valence-electron chi connectivity index (χ2n) is 4.94. The predicted octanol–water partition coefficient (Wildman–Crippen LogP) is 1.83. The molecule has 0 aromatic carbocycles. The van der Waals surface area contributed by atoms with Crippen LogP contribution in [0.3, 0.4) is 0 Å². The molecule has 2 N–H and O–H groups in total. The highest BCUT2D eigenvalue weighted by atomic mass is 16.4. The minimum absolute atomic E-state index is 0.175. The van der Waals surface area contributed by atoms with Gasteiger partial charge in [-0.25, -0.2) is 0 Å². The summed E-state index contributed by atoms with van der Waals surface area (Å²) >= 11 is 0. The molecule has 96 valence electrons. The lowest BCUT2D eigenvalue weighted by atomic mass is 10.1. The summed E-state index contributed by atoms with van der Waals surface area (Å²) in [5.74, 6) is 1.97. The Morgan fingerprint density at radius 2 is 2.00 bits per heavy atom. The van der Waals surface area contributed by atoms with Crippen molar-refractivity contribution in [1.82, 2.24) is 4.90 Å². The average Bonchev–Trinajstić information content (AvgIpc) is 2.80. The van der Waals surface area contributed by atoms with Crippen LogP contribution in [0.15, 0.2) is 16.5 Å². The van der Waals surface area contributed by atoms with E-state index in [2.05, 4.69) is 21.9 Å². The molecule has 0 amide bonds. The minimum atomic E-state index is 0.175. The van der Waals surface area contributed by atoms with Crippen molar-refractivity contribution in [3.63, 3.8) is 0 Å². The third-order valence-corrected chi connectivity index (χ3v) is 3.46. The molecule has 1 atom stereocenters. The zero-order valence-corrected chi connectivity index (χ0v) is 10.9. The van der Waals surface area contributed by atoms with E-state index >= 15 is 0 Å². The Kier molecular flexibility index (Phi) is 4.07. The van der Waals surface area contributed by atoms with Crippen LogP contribution < -0.4 is 10.6 Å². The Hall–Kier alpha value is -1.00. The number of anilines is 1. The monoisotopic (exact) mass is 237 g/mol. The smallest absolute Gasteiger partial charge is 0.195 e. The van der Waals surface area contributed by atoms with Crippen molar-refractivity contribution < 1.29 is 4.42 Å². The number of nitrogens with two attached hydrogens (primary N) is 1. The Bertz CT molecular complexity index is 342. The Morgan fingerprint density at radius 3 is 2.59 bits per heavy atom. The van der Waals surface area contributed by atoms with Gasteiger partial charge in [0.15, 0.2) is 5.88 Å². The van der Waals surface area contributed by atoms with E-state index in [1.807, 2.05) is 14.1 Å². The van der Waals surface area contributed by atoms with E-state index in [4.69, 9.17) is 10.2 Å². The quantitative estimate of drug-likeness (QED) is 0.868. The molecular formula is C13H23N3O. The molecule has 0 radical (unpaired) electrons. The number of nitrogens with zero attached hydrogens (tertiary/aromatic N) is 2. The van der Waals surface area contributed by atoms with Gasteiger partial charge in [-0.05, 0) is 39.4 Å². The first-order valence-corrected chi connectivity index (χ1v) is 6.43. The van der Waals surface area contributed by atoms with Crippen LogP contribution in [0.25, 0.3) is 0 Å². The molecule has 4 heteroatoms. The van der Waals surface area contributed by atoms with Crippen molar-refractivity contribution >= 4 is 5.88 Å². The van der Waals surface area contributed by atoms with Gasteiger partial charge in [0.1, 0.15) is 5.76 Å². The number of hydrogen-bond acceptors (Lipinski definition) is 4. The summed E-state index contributed by atoms with van der Waals surface area (Å²) < 4.78 is 5.94. The normalized spacial score (nSPS) is 18.7. The molecule has 0 spiro atoms. The summed E-state index contributed by atoms with van der Waals surface area (Å²) in [6, 6.07) is 4.31. The molecule has 1 aromatic rings. The predicted molar refractivity (Wildman–Crippen MR) is 70.3 cm³/mol. The first kappa shape index (κ1) is 12.5. The van der Waals surface area contributed by atoms with E-state index in [0.29, 0.717) is 6.54 Å². The number of furan rings is 1. The van der Waals surface area contributed by atoms with Crippen LogP contribution in [0.2, 0.25) is 0 Å². The average molecular weight is 237 g/mol. The first-order chi connectivity index (χ1) is 8.22. The van der Waals surface area contributed by atoms with Gasteiger partial charge in [0.2, 0.25) is 0 Å². The van der Waals surface area contributed by atoms with Gasteiger partial charge in [-0.15, -0.1) is 0 Å². The van der Waals surface area contributed by atoms with Gasteiger partial charge in [0, 0.05) is 25.7 Å². The highest BCUT2D eigenvalue weighted by Gasteiger charge is 2.19. The molecule has 0 saturated carbocycles. The largest absolute Gasteiger partial charge is 0.444 e. The lowest BCUT2D eigenvalue weighted by molar-refractivity contribution is 0.264. The van der Waals surface area contributed by atoms with Crippen LogP contribution in [0, 0.1) is 0 Å². The van der Waals surface area contributed by atoms with Gasteiger partial charge < -0.3 is 15.1 Å². The Labute approximate surface area is 103 Å². The van der Waals surface area contributed by atoms with E-state index < -0.39 is 0 Å². The summed E-state index contributed by atoms with van der Waals surface area (Å²) in [4.78, 5) is 4.43. The standard InChI is InChI=1S/C13H23N3O/c1-15(2)11(10-14)12-6-7-13(17-12)16-8-4-3-5-9-16/h6-7,11H,3-5,8-10,14H2,1-2H3/t11-/m0/s1. The molecule has 2 heterocycles. The van der Waals surface area contributed by atoms with Gasteiger partial charge in [0.05, 0.1) is 6.04 Å². The summed E-state index contributed by atoms with van der Waals surface area (Å²) in [6.45, 7) is 2.81. The summed E-state index contributed by atoms with van der Waals surface area (Å²) in [5, 5.41) is 0. The highest BCUT2D eigenvalue weighted by molar-refractivity contribution is 5.37. The maximum atomic E-state index is 5.94. The van der Waals surface area contributed by atoms with Gasteiger partial charge in [-0.2, -0.15) is 0 Å². The van der Waals surface area contributed by atoms with Crippen molar-refractivity contribution in [3.05, 3.63) is 17.9 Å². The molecule has 1 saturated heterocycles. The second kappa shape index (κ2) is 5.56. The van der Waals surface area contributed by atoms with E-state index in [1.165, 1.54) is 19.3 Å². The third-order valence-electron chi connectivity index (χ3n) is 3.46. The highest BCUT2D eigenvalue weighted by Crippen LogP contribution is 2.27. The number of likely N-dealkylation sites (N-methyl/N-ethyl adjacent to an activating group) is 1. The topological polar surface area (TPSA) is 45.6 Å². The molecular weight excluding hydrogens is 214 g/mol. The molecule has 2 rings (SSSR count). The van der Waals surface area contributed by atoms with Crippen molar-refractivity contribution in [3.8, 4) is 0 Å². The van der Waals surface area contributed by atoms with Crippen molar-refractivity contribution in [2.45, 2.75) is 25.3 Å². The fraction of sp³-hybridized carbons (Fsp3) is 0.692. The van der Waals surface area contributed by atoms with Crippen LogP contribution >= 0.6 is 0 Å². The Morgan fingerprint density at radius 1 is 1.29 bits per heavy atom.